The SMILES string of the molecule is CCC(=O)N(c1ccccc1)[C@H]1C[C@@H](C)N(C(=O)c2ccnc(C)c2)c2ccccc21. The average molecular weight is 414 g/mol. The number of nitrogens with zero attached hydrogens (tertiary/aromatic N) is 3. The van der Waals surface area contributed by atoms with Crippen LogP contribution < -0.4 is 9.80 Å². The van der Waals surface area contributed by atoms with Crippen LogP contribution in [0.3, 0.4) is 0 Å². The van der Waals surface area contributed by atoms with Gasteiger partial charge in [-0.25, -0.2) is 0 Å². The lowest BCUT2D eigenvalue weighted by Gasteiger charge is -2.43. The molecule has 0 fully saturated rings. The molecule has 1 aromatic heterocycles. The number of pyridine rings is 1. The first kappa shape index (κ1) is 20.8. The lowest BCUT2D eigenvalue weighted by molar-refractivity contribution is -0.118. The maximum atomic E-state index is 13.5. The number of hydrogen-bond acceptors (Lipinski definition) is 3. The van der Waals surface area contributed by atoms with E-state index in [1.54, 1.807) is 12.3 Å². The van der Waals surface area contributed by atoms with Gasteiger partial charge < -0.3 is 9.80 Å². The van der Waals surface area contributed by atoms with Crippen LogP contribution in [0.2, 0.25) is 0 Å². The molecular formula is C26H27N3O2. The Morgan fingerprint density at radius 1 is 1.06 bits per heavy atom. The first-order chi connectivity index (χ1) is 15.0. The average Bonchev–Trinajstić information content (AvgIpc) is 2.79. The Bertz CT molecular complexity index is 1100. The molecule has 0 saturated heterocycles. The highest BCUT2D eigenvalue weighted by Crippen LogP contribution is 2.42. The van der Waals surface area contributed by atoms with Crippen molar-refractivity contribution in [1.29, 1.82) is 0 Å². The van der Waals surface area contributed by atoms with Crippen molar-refractivity contribution in [3.05, 3.63) is 89.7 Å². The fourth-order valence-electron chi connectivity index (χ4n) is 4.41. The van der Waals surface area contributed by atoms with Crippen LogP contribution in [0.5, 0.6) is 0 Å². The van der Waals surface area contributed by atoms with E-state index < -0.39 is 0 Å². The maximum absolute atomic E-state index is 13.5. The summed E-state index contributed by atoms with van der Waals surface area (Å²) in [6.45, 7) is 5.82. The van der Waals surface area contributed by atoms with E-state index in [-0.39, 0.29) is 23.9 Å². The molecule has 0 radical (unpaired) electrons. The molecule has 3 aromatic rings. The summed E-state index contributed by atoms with van der Waals surface area (Å²) in [7, 11) is 0. The second-order valence-electron chi connectivity index (χ2n) is 7.97. The number of amides is 2. The van der Waals surface area contributed by atoms with Gasteiger partial charge in [0.15, 0.2) is 0 Å². The van der Waals surface area contributed by atoms with Crippen molar-refractivity contribution in [2.24, 2.45) is 0 Å². The first-order valence-electron chi connectivity index (χ1n) is 10.7. The molecule has 1 aliphatic heterocycles. The van der Waals surface area contributed by atoms with Gasteiger partial charge in [-0.3, -0.25) is 14.6 Å². The van der Waals surface area contributed by atoms with Gasteiger partial charge in [0.2, 0.25) is 5.91 Å². The number of aromatic nitrogens is 1. The topological polar surface area (TPSA) is 53.5 Å². The summed E-state index contributed by atoms with van der Waals surface area (Å²) < 4.78 is 0. The Morgan fingerprint density at radius 2 is 1.77 bits per heavy atom. The number of aryl methyl sites for hydroxylation is 1. The van der Waals surface area contributed by atoms with E-state index in [9.17, 15) is 9.59 Å². The lowest BCUT2D eigenvalue weighted by Crippen LogP contribution is -2.47. The molecule has 0 aliphatic carbocycles. The van der Waals surface area contributed by atoms with Gasteiger partial charge in [0.25, 0.3) is 5.91 Å². The van der Waals surface area contributed by atoms with Crippen molar-refractivity contribution < 1.29 is 9.59 Å². The molecule has 0 N–H and O–H groups in total. The van der Waals surface area contributed by atoms with Crippen LogP contribution >= 0.6 is 0 Å². The van der Waals surface area contributed by atoms with Crippen LogP contribution in [0, 0.1) is 6.92 Å². The van der Waals surface area contributed by atoms with Crippen LogP contribution in [0.15, 0.2) is 72.9 Å². The predicted molar refractivity (Wildman–Crippen MR) is 123 cm³/mol. The minimum atomic E-state index is -0.135. The molecule has 2 aromatic carbocycles. The molecule has 31 heavy (non-hydrogen) atoms. The van der Waals surface area contributed by atoms with Crippen molar-refractivity contribution in [2.45, 2.75) is 45.7 Å². The normalized spacial score (nSPS) is 17.7. The molecule has 158 valence electrons. The number of hydrogen-bond donors (Lipinski definition) is 0. The van der Waals surface area contributed by atoms with Crippen LogP contribution in [-0.4, -0.2) is 22.8 Å². The molecule has 0 saturated carbocycles. The highest BCUT2D eigenvalue weighted by atomic mass is 16.2. The summed E-state index contributed by atoms with van der Waals surface area (Å²) in [5, 5.41) is 0. The molecule has 2 heterocycles. The Balaban J connectivity index is 1.79. The van der Waals surface area contributed by atoms with Crippen LogP contribution in [0.25, 0.3) is 0 Å². The summed E-state index contributed by atoms with van der Waals surface area (Å²) in [4.78, 5) is 34.5. The standard InChI is InChI=1S/C26H27N3O2/c1-4-25(30)29(21-10-6-5-7-11-21)24-17-19(3)28(23-13-9-8-12-22(23)24)26(31)20-14-15-27-18(2)16-20/h5-16,19,24H,4,17H2,1-3H3/t19-,24+/m1/s1. The van der Waals surface area contributed by atoms with E-state index in [1.807, 2.05) is 84.3 Å². The smallest absolute Gasteiger partial charge is 0.258 e. The second-order valence-corrected chi connectivity index (χ2v) is 7.97. The summed E-state index contributed by atoms with van der Waals surface area (Å²) in [5.41, 5.74) is 4.16. The lowest BCUT2D eigenvalue weighted by atomic mass is 9.89. The minimum Gasteiger partial charge on any atom is -0.305 e. The van der Waals surface area contributed by atoms with Gasteiger partial charge >= 0.3 is 0 Å². The summed E-state index contributed by atoms with van der Waals surface area (Å²) in [5.74, 6) is 0.0275. The van der Waals surface area contributed by atoms with Gasteiger partial charge in [-0.2, -0.15) is 0 Å². The Labute approximate surface area is 183 Å². The van der Waals surface area contributed by atoms with E-state index in [4.69, 9.17) is 0 Å². The third-order valence-corrected chi connectivity index (χ3v) is 5.84. The van der Waals surface area contributed by atoms with Crippen molar-refractivity contribution >= 4 is 23.2 Å². The molecule has 4 rings (SSSR count). The highest BCUT2D eigenvalue weighted by Gasteiger charge is 2.38. The van der Waals surface area contributed by atoms with E-state index in [0.29, 0.717) is 18.4 Å². The molecule has 1 aliphatic rings. The fourth-order valence-corrected chi connectivity index (χ4v) is 4.41. The van der Waals surface area contributed by atoms with Gasteiger partial charge in [0.1, 0.15) is 0 Å². The molecule has 5 heteroatoms. The molecule has 0 bridgehead atoms. The monoisotopic (exact) mass is 413 g/mol. The van der Waals surface area contributed by atoms with Gasteiger partial charge in [-0.05, 0) is 56.2 Å². The Kier molecular flexibility index (Phi) is 5.85. The van der Waals surface area contributed by atoms with Gasteiger partial charge in [-0.15, -0.1) is 0 Å². The second kappa shape index (κ2) is 8.72. The number of carbonyl (C=O) groups excluding carboxylic acids is 2. The molecular weight excluding hydrogens is 386 g/mol. The van der Waals surface area contributed by atoms with Gasteiger partial charge in [-0.1, -0.05) is 43.3 Å². The van der Waals surface area contributed by atoms with Gasteiger partial charge in [0.05, 0.1) is 6.04 Å². The molecule has 0 unspecified atom stereocenters. The third-order valence-electron chi connectivity index (χ3n) is 5.84. The van der Waals surface area contributed by atoms with E-state index in [2.05, 4.69) is 11.9 Å². The van der Waals surface area contributed by atoms with Crippen LogP contribution in [0.4, 0.5) is 11.4 Å². The third kappa shape index (κ3) is 3.96. The fraction of sp³-hybridized carbons (Fsp3) is 0.269. The van der Waals surface area contributed by atoms with E-state index in [0.717, 1.165) is 22.6 Å². The van der Waals surface area contributed by atoms with E-state index >= 15 is 0 Å². The predicted octanol–water partition coefficient (Wildman–Crippen LogP) is 5.31. The quantitative estimate of drug-likeness (QED) is 0.582. The largest absolute Gasteiger partial charge is 0.305 e. The number of rotatable bonds is 4. The van der Waals surface area contributed by atoms with Crippen molar-refractivity contribution in [3.63, 3.8) is 0 Å². The summed E-state index contributed by atoms with van der Waals surface area (Å²) in [6.07, 6.45) is 2.75. The highest BCUT2D eigenvalue weighted by molar-refractivity contribution is 6.07. The summed E-state index contributed by atoms with van der Waals surface area (Å²) >= 11 is 0. The minimum absolute atomic E-state index is 0.0445. The number of para-hydroxylation sites is 2. The molecule has 0 spiro atoms. The number of anilines is 2. The maximum Gasteiger partial charge on any atom is 0.258 e. The van der Waals surface area contributed by atoms with Crippen LogP contribution in [-0.2, 0) is 4.79 Å². The van der Waals surface area contributed by atoms with Crippen LogP contribution in [0.1, 0.15) is 54.3 Å². The Morgan fingerprint density at radius 3 is 2.48 bits per heavy atom. The molecule has 5 nitrogen and oxygen atoms in total. The molecule has 2 atom stereocenters. The van der Waals surface area contributed by atoms with Crippen molar-refractivity contribution in [2.75, 3.05) is 9.80 Å². The summed E-state index contributed by atoms with van der Waals surface area (Å²) in [6, 6.07) is 21.1. The van der Waals surface area contributed by atoms with E-state index in [1.165, 1.54) is 0 Å². The van der Waals surface area contributed by atoms with Gasteiger partial charge in [0, 0.05) is 41.3 Å². The zero-order valence-electron chi connectivity index (χ0n) is 18.2. The first-order valence-corrected chi connectivity index (χ1v) is 10.7. The molecule has 2 amide bonds. The van der Waals surface area contributed by atoms with Crippen molar-refractivity contribution in [1.82, 2.24) is 4.98 Å². The Hall–Kier alpha value is -3.47. The van der Waals surface area contributed by atoms with Crippen molar-refractivity contribution in [3.8, 4) is 0 Å². The number of fused-ring (bicyclic) bond motifs is 1. The number of carbonyl (C=O) groups is 2. The zero-order valence-corrected chi connectivity index (χ0v) is 18.2. The number of benzene rings is 2. The zero-order chi connectivity index (χ0) is 22.0.